The number of pyridine rings is 1. The Morgan fingerprint density at radius 1 is 0.870 bits per heavy atom. The van der Waals surface area contributed by atoms with E-state index in [0.717, 1.165) is 41.5 Å². The van der Waals surface area contributed by atoms with Gasteiger partial charge in [0.25, 0.3) is 0 Å². The minimum atomic E-state index is 0.580. The Hall–Kier alpha value is -2.69. The van der Waals surface area contributed by atoms with Crippen molar-refractivity contribution >= 4 is 22.5 Å². The van der Waals surface area contributed by atoms with Gasteiger partial charge in [0.1, 0.15) is 17.5 Å². The molecule has 1 aromatic carbocycles. The SMILES string of the molecule is c1ccc2nc(NCCNc3ccnc(C4CC4)n3)ccc2c1. The molecule has 2 N–H and O–H groups in total. The Labute approximate surface area is 135 Å². The van der Waals surface area contributed by atoms with Crippen LogP contribution in [0.3, 0.4) is 0 Å². The fraction of sp³-hybridized carbons (Fsp3) is 0.278. The van der Waals surface area contributed by atoms with Gasteiger partial charge in [0.05, 0.1) is 5.52 Å². The van der Waals surface area contributed by atoms with Crippen LogP contribution in [0.25, 0.3) is 10.9 Å². The highest BCUT2D eigenvalue weighted by Gasteiger charge is 2.26. The molecule has 5 heteroatoms. The molecular formula is C18H19N5. The number of rotatable bonds is 6. The van der Waals surface area contributed by atoms with Crippen molar-refractivity contribution in [2.45, 2.75) is 18.8 Å². The van der Waals surface area contributed by atoms with E-state index in [0.29, 0.717) is 5.92 Å². The van der Waals surface area contributed by atoms with Gasteiger partial charge in [0.15, 0.2) is 0 Å². The minimum absolute atomic E-state index is 0.580. The van der Waals surface area contributed by atoms with Gasteiger partial charge in [-0.1, -0.05) is 18.2 Å². The molecule has 23 heavy (non-hydrogen) atoms. The lowest BCUT2D eigenvalue weighted by atomic mass is 10.2. The standard InChI is InChI=1S/C18H19N5/c1-2-4-15-13(3-1)7-8-16(22-15)19-11-12-20-17-9-10-21-18(23-17)14-5-6-14/h1-4,7-10,14H,5-6,11-12H2,(H,19,22)(H,20,21,23). The van der Waals surface area contributed by atoms with Crippen LogP contribution in [0.5, 0.6) is 0 Å². The van der Waals surface area contributed by atoms with Crippen LogP contribution >= 0.6 is 0 Å². The van der Waals surface area contributed by atoms with E-state index in [1.165, 1.54) is 12.8 Å². The van der Waals surface area contributed by atoms with Gasteiger partial charge in [-0.3, -0.25) is 0 Å². The summed E-state index contributed by atoms with van der Waals surface area (Å²) in [5, 5.41) is 7.83. The predicted molar refractivity (Wildman–Crippen MR) is 92.7 cm³/mol. The molecule has 0 spiro atoms. The van der Waals surface area contributed by atoms with Gasteiger partial charge in [-0.2, -0.15) is 0 Å². The number of fused-ring (bicyclic) bond motifs is 1. The van der Waals surface area contributed by atoms with E-state index < -0.39 is 0 Å². The number of aromatic nitrogens is 3. The molecule has 1 saturated carbocycles. The first-order chi connectivity index (χ1) is 11.4. The summed E-state index contributed by atoms with van der Waals surface area (Å²) in [4.78, 5) is 13.5. The average Bonchev–Trinajstić information content (AvgIpc) is 3.44. The number of hydrogen-bond acceptors (Lipinski definition) is 5. The summed E-state index contributed by atoms with van der Waals surface area (Å²) >= 11 is 0. The maximum Gasteiger partial charge on any atom is 0.133 e. The molecule has 5 nitrogen and oxygen atoms in total. The third-order valence-electron chi connectivity index (χ3n) is 3.95. The zero-order chi connectivity index (χ0) is 15.5. The second-order valence-corrected chi connectivity index (χ2v) is 5.82. The quantitative estimate of drug-likeness (QED) is 0.683. The van der Waals surface area contributed by atoms with Crippen molar-refractivity contribution in [1.29, 1.82) is 0 Å². The summed E-state index contributed by atoms with van der Waals surface area (Å²) in [6.07, 6.45) is 4.28. The predicted octanol–water partition coefficient (Wildman–Crippen LogP) is 3.43. The molecule has 0 aliphatic heterocycles. The molecule has 1 aliphatic rings. The summed E-state index contributed by atoms with van der Waals surface area (Å²) in [5.41, 5.74) is 1.01. The highest BCUT2D eigenvalue weighted by molar-refractivity contribution is 5.80. The Kier molecular flexibility index (Phi) is 3.76. The Morgan fingerprint density at radius 3 is 2.48 bits per heavy atom. The van der Waals surface area contributed by atoms with Gasteiger partial charge in [-0.05, 0) is 37.1 Å². The monoisotopic (exact) mass is 305 g/mol. The highest BCUT2D eigenvalue weighted by Crippen LogP contribution is 2.37. The molecule has 0 unspecified atom stereocenters. The maximum absolute atomic E-state index is 4.60. The van der Waals surface area contributed by atoms with Crippen molar-refractivity contribution < 1.29 is 0 Å². The Balaban J connectivity index is 1.31. The summed E-state index contributed by atoms with van der Waals surface area (Å²) in [5.74, 6) is 3.35. The first-order valence-corrected chi connectivity index (χ1v) is 8.05. The molecule has 1 fully saturated rings. The zero-order valence-corrected chi connectivity index (χ0v) is 12.9. The highest BCUT2D eigenvalue weighted by atomic mass is 15.1. The van der Waals surface area contributed by atoms with E-state index in [9.17, 15) is 0 Å². The van der Waals surface area contributed by atoms with E-state index in [4.69, 9.17) is 0 Å². The van der Waals surface area contributed by atoms with Gasteiger partial charge >= 0.3 is 0 Å². The molecule has 3 aromatic rings. The summed E-state index contributed by atoms with van der Waals surface area (Å²) in [6, 6.07) is 14.1. The molecular weight excluding hydrogens is 286 g/mol. The molecule has 0 radical (unpaired) electrons. The number of nitrogens with zero attached hydrogens (tertiary/aromatic N) is 3. The molecule has 0 bridgehead atoms. The van der Waals surface area contributed by atoms with Crippen LogP contribution in [0.2, 0.25) is 0 Å². The van der Waals surface area contributed by atoms with E-state index in [2.05, 4.69) is 37.7 Å². The lowest BCUT2D eigenvalue weighted by Gasteiger charge is -2.09. The smallest absolute Gasteiger partial charge is 0.133 e. The van der Waals surface area contributed by atoms with Crippen molar-refractivity contribution in [3.8, 4) is 0 Å². The molecule has 2 heterocycles. The lowest BCUT2D eigenvalue weighted by molar-refractivity contribution is 0.920. The summed E-state index contributed by atoms with van der Waals surface area (Å²) < 4.78 is 0. The molecule has 116 valence electrons. The molecule has 0 saturated heterocycles. The summed E-state index contributed by atoms with van der Waals surface area (Å²) in [6.45, 7) is 1.57. The van der Waals surface area contributed by atoms with Crippen LogP contribution in [0.15, 0.2) is 48.7 Å². The van der Waals surface area contributed by atoms with Crippen LogP contribution in [0, 0.1) is 0 Å². The average molecular weight is 305 g/mol. The number of hydrogen-bond donors (Lipinski definition) is 2. The molecule has 0 atom stereocenters. The third kappa shape index (κ3) is 3.39. The molecule has 1 aliphatic carbocycles. The number of benzene rings is 1. The minimum Gasteiger partial charge on any atom is -0.368 e. The Morgan fingerprint density at radius 2 is 1.65 bits per heavy atom. The van der Waals surface area contributed by atoms with Gasteiger partial charge in [0, 0.05) is 30.6 Å². The van der Waals surface area contributed by atoms with E-state index in [1.54, 1.807) is 0 Å². The fourth-order valence-electron chi connectivity index (χ4n) is 2.56. The fourth-order valence-corrected chi connectivity index (χ4v) is 2.56. The number of anilines is 2. The second-order valence-electron chi connectivity index (χ2n) is 5.82. The lowest BCUT2D eigenvalue weighted by Crippen LogP contribution is -2.15. The van der Waals surface area contributed by atoms with E-state index in [-0.39, 0.29) is 0 Å². The van der Waals surface area contributed by atoms with Gasteiger partial charge in [-0.25, -0.2) is 15.0 Å². The second kappa shape index (κ2) is 6.20. The first-order valence-electron chi connectivity index (χ1n) is 8.05. The molecule has 2 aromatic heterocycles. The van der Waals surface area contributed by atoms with Crippen molar-refractivity contribution in [3.63, 3.8) is 0 Å². The maximum atomic E-state index is 4.60. The van der Waals surface area contributed by atoms with E-state index in [1.807, 2.05) is 36.5 Å². The van der Waals surface area contributed by atoms with Gasteiger partial charge in [0.2, 0.25) is 0 Å². The number of nitrogens with one attached hydrogen (secondary N) is 2. The third-order valence-corrected chi connectivity index (χ3v) is 3.95. The number of para-hydroxylation sites is 1. The van der Waals surface area contributed by atoms with Crippen molar-refractivity contribution in [2.24, 2.45) is 0 Å². The summed E-state index contributed by atoms with van der Waals surface area (Å²) in [7, 11) is 0. The van der Waals surface area contributed by atoms with Crippen molar-refractivity contribution in [2.75, 3.05) is 23.7 Å². The van der Waals surface area contributed by atoms with Crippen LogP contribution < -0.4 is 10.6 Å². The first kappa shape index (κ1) is 13.9. The van der Waals surface area contributed by atoms with E-state index >= 15 is 0 Å². The van der Waals surface area contributed by atoms with Crippen molar-refractivity contribution in [3.05, 3.63) is 54.5 Å². The van der Waals surface area contributed by atoms with Crippen molar-refractivity contribution in [1.82, 2.24) is 15.0 Å². The molecule has 4 rings (SSSR count). The van der Waals surface area contributed by atoms with Crippen LogP contribution in [0.1, 0.15) is 24.6 Å². The normalized spacial score (nSPS) is 13.9. The van der Waals surface area contributed by atoms with Crippen LogP contribution in [-0.4, -0.2) is 28.0 Å². The largest absolute Gasteiger partial charge is 0.368 e. The van der Waals surface area contributed by atoms with Crippen LogP contribution in [0.4, 0.5) is 11.6 Å². The van der Waals surface area contributed by atoms with Gasteiger partial charge < -0.3 is 10.6 Å². The van der Waals surface area contributed by atoms with Crippen LogP contribution in [-0.2, 0) is 0 Å². The topological polar surface area (TPSA) is 62.7 Å². The Bertz CT molecular complexity index is 813. The zero-order valence-electron chi connectivity index (χ0n) is 12.9. The van der Waals surface area contributed by atoms with Gasteiger partial charge in [-0.15, -0.1) is 0 Å². The molecule has 0 amide bonds.